The van der Waals surface area contributed by atoms with Crippen LogP contribution < -0.4 is 0 Å². The van der Waals surface area contributed by atoms with Crippen molar-refractivity contribution in [2.24, 2.45) is 0 Å². The summed E-state index contributed by atoms with van der Waals surface area (Å²) < 4.78 is 4.92. The fourth-order valence-electron chi connectivity index (χ4n) is 2.53. The van der Waals surface area contributed by atoms with Gasteiger partial charge >= 0.3 is 11.9 Å². The SMILES string of the molecule is O=C(/C=C\c1ccc(O)c(O)c1)O[C@H]1C[C@@](O)(C(=O)O)C[C@H](O)[C@@H]1O. The number of hydrogen-bond donors (Lipinski definition) is 6. The second-order valence-electron chi connectivity index (χ2n) is 5.86. The normalized spacial score (nSPS) is 29.5. The summed E-state index contributed by atoms with van der Waals surface area (Å²) in [6, 6.07) is 3.83. The standard InChI is InChI=1S/C16H18O9/c17-9-3-1-8(5-10(9)18)2-4-13(20)25-12-7-16(24,15(22)23)6-11(19)14(12)21/h1-5,11-12,14,17-19,21,24H,6-7H2,(H,22,23)/b4-2-/t11-,12-,14-,16+/m0/s1. The van der Waals surface area contributed by atoms with Crippen molar-refractivity contribution in [2.45, 2.75) is 36.8 Å². The second kappa shape index (κ2) is 7.09. The number of phenols is 2. The largest absolute Gasteiger partial charge is 0.504 e. The van der Waals surface area contributed by atoms with E-state index in [1.807, 2.05) is 0 Å². The summed E-state index contributed by atoms with van der Waals surface area (Å²) in [6.07, 6.45) is -3.44. The number of carbonyl (C=O) groups is 2. The van der Waals surface area contributed by atoms with E-state index in [0.717, 1.165) is 6.08 Å². The van der Waals surface area contributed by atoms with E-state index < -0.39 is 48.7 Å². The second-order valence-corrected chi connectivity index (χ2v) is 5.86. The summed E-state index contributed by atoms with van der Waals surface area (Å²) in [5, 5.41) is 57.0. The zero-order valence-electron chi connectivity index (χ0n) is 12.9. The molecule has 6 N–H and O–H groups in total. The zero-order valence-corrected chi connectivity index (χ0v) is 12.9. The van der Waals surface area contributed by atoms with E-state index in [1.165, 1.54) is 24.3 Å². The first-order valence-electron chi connectivity index (χ1n) is 7.35. The van der Waals surface area contributed by atoms with E-state index in [9.17, 15) is 35.1 Å². The first-order chi connectivity index (χ1) is 11.6. The van der Waals surface area contributed by atoms with Crippen molar-refractivity contribution >= 4 is 18.0 Å². The summed E-state index contributed by atoms with van der Waals surface area (Å²) in [5.41, 5.74) is -1.94. The van der Waals surface area contributed by atoms with Gasteiger partial charge in [-0.05, 0) is 23.8 Å². The summed E-state index contributed by atoms with van der Waals surface area (Å²) in [4.78, 5) is 22.9. The minimum absolute atomic E-state index is 0.327. The van der Waals surface area contributed by atoms with Gasteiger partial charge in [0.2, 0.25) is 0 Å². The van der Waals surface area contributed by atoms with Gasteiger partial charge in [-0.2, -0.15) is 0 Å². The quantitative estimate of drug-likeness (QED) is 0.234. The van der Waals surface area contributed by atoms with E-state index in [1.54, 1.807) is 0 Å². The highest BCUT2D eigenvalue weighted by Gasteiger charge is 2.50. The molecule has 1 aromatic carbocycles. The van der Waals surface area contributed by atoms with Crippen LogP contribution in [0.2, 0.25) is 0 Å². The number of aliphatic hydroxyl groups excluding tert-OH is 2. The Kier molecular flexibility index (Phi) is 5.31. The Balaban J connectivity index is 2.06. The third-order valence-electron chi connectivity index (χ3n) is 3.94. The van der Waals surface area contributed by atoms with Gasteiger partial charge in [0, 0.05) is 18.9 Å². The molecule has 0 saturated heterocycles. The van der Waals surface area contributed by atoms with E-state index in [-0.39, 0.29) is 11.5 Å². The summed E-state index contributed by atoms with van der Waals surface area (Å²) in [6.45, 7) is 0. The van der Waals surface area contributed by atoms with Crippen LogP contribution in [0.1, 0.15) is 18.4 Å². The number of phenolic OH excluding ortho intramolecular Hbond substituents is 2. The third kappa shape index (κ3) is 4.27. The van der Waals surface area contributed by atoms with Gasteiger partial charge in [0.1, 0.15) is 12.2 Å². The lowest BCUT2D eigenvalue weighted by Gasteiger charge is -2.39. The molecule has 0 unspecified atom stereocenters. The van der Waals surface area contributed by atoms with E-state index >= 15 is 0 Å². The zero-order chi connectivity index (χ0) is 18.8. The number of hydrogen-bond acceptors (Lipinski definition) is 8. The average molecular weight is 354 g/mol. The van der Waals surface area contributed by atoms with Crippen molar-refractivity contribution < 1.29 is 45.0 Å². The number of aromatic hydroxyl groups is 2. The number of carboxylic acids is 1. The van der Waals surface area contributed by atoms with Gasteiger partial charge in [0.25, 0.3) is 0 Å². The van der Waals surface area contributed by atoms with Crippen molar-refractivity contribution in [1.82, 2.24) is 0 Å². The Bertz CT molecular complexity index is 699. The maximum atomic E-state index is 11.8. The van der Waals surface area contributed by atoms with Gasteiger partial charge in [-0.3, -0.25) is 0 Å². The molecular formula is C16H18O9. The van der Waals surface area contributed by atoms with Crippen LogP contribution in [0.4, 0.5) is 0 Å². The Morgan fingerprint density at radius 2 is 1.84 bits per heavy atom. The predicted molar refractivity (Wildman–Crippen MR) is 82.5 cm³/mol. The molecule has 9 heteroatoms. The van der Waals surface area contributed by atoms with Gasteiger partial charge < -0.3 is 35.4 Å². The molecule has 1 aromatic rings. The lowest BCUT2D eigenvalue weighted by Crippen LogP contribution is -2.57. The maximum absolute atomic E-state index is 11.8. The topological polar surface area (TPSA) is 165 Å². The van der Waals surface area contributed by atoms with Crippen LogP contribution >= 0.6 is 0 Å². The first-order valence-corrected chi connectivity index (χ1v) is 7.35. The molecule has 136 valence electrons. The van der Waals surface area contributed by atoms with Crippen LogP contribution in [-0.4, -0.2) is 66.5 Å². The molecular weight excluding hydrogens is 336 g/mol. The molecule has 0 heterocycles. The fraction of sp³-hybridized carbons (Fsp3) is 0.375. The first kappa shape index (κ1) is 18.7. The number of esters is 1. The Morgan fingerprint density at radius 3 is 2.44 bits per heavy atom. The summed E-state index contributed by atoms with van der Waals surface area (Å²) in [7, 11) is 0. The predicted octanol–water partition coefficient (Wildman–Crippen LogP) is -0.646. The Labute approximate surface area is 142 Å². The van der Waals surface area contributed by atoms with Crippen LogP contribution in [0.3, 0.4) is 0 Å². The number of carbonyl (C=O) groups excluding carboxylic acids is 1. The van der Waals surface area contributed by atoms with E-state index in [4.69, 9.17) is 9.84 Å². The van der Waals surface area contributed by atoms with Gasteiger partial charge in [0.15, 0.2) is 17.1 Å². The number of rotatable bonds is 4. The molecule has 0 bridgehead atoms. The maximum Gasteiger partial charge on any atom is 0.335 e. The van der Waals surface area contributed by atoms with Crippen molar-refractivity contribution in [3.05, 3.63) is 29.8 Å². The van der Waals surface area contributed by atoms with Crippen LogP contribution in [0.15, 0.2) is 24.3 Å². The molecule has 0 aromatic heterocycles. The van der Waals surface area contributed by atoms with Crippen LogP contribution in [0.25, 0.3) is 6.08 Å². The van der Waals surface area contributed by atoms with Crippen molar-refractivity contribution in [1.29, 1.82) is 0 Å². The molecule has 0 spiro atoms. The lowest BCUT2D eigenvalue weighted by molar-refractivity contribution is -0.196. The number of ether oxygens (including phenoxy) is 1. The van der Waals surface area contributed by atoms with Crippen LogP contribution in [-0.2, 0) is 14.3 Å². The molecule has 1 aliphatic carbocycles. The lowest BCUT2D eigenvalue weighted by atomic mass is 9.79. The van der Waals surface area contributed by atoms with Gasteiger partial charge in [-0.1, -0.05) is 6.07 Å². The molecule has 2 rings (SSSR count). The van der Waals surface area contributed by atoms with Crippen LogP contribution in [0.5, 0.6) is 11.5 Å². The number of aliphatic carboxylic acids is 1. The minimum atomic E-state index is -2.31. The van der Waals surface area contributed by atoms with Crippen molar-refractivity contribution in [2.75, 3.05) is 0 Å². The average Bonchev–Trinajstić information content (AvgIpc) is 2.53. The van der Waals surface area contributed by atoms with Crippen molar-refractivity contribution in [3.8, 4) is 11.5 Å². The van der Waals surface area contributed by atoms with Crippen molar-refractivity contribution in [3.63, 3.8) is 0 Å². The van der Waals surface area contributed by atoms with E-state index in [0.29, 0.717) is 5.56 Å². The summed E-state index contributed by atoms with van der Waals surface area (Å²) >= 11 is 0. The number of aliphatic hydroxyl groups is 3. The third-order valence-corrected chi connectivity index (χ3v) is 3.94. The fourth-order valence-corrected chi connectivity index (χ4v) is 2.53. The number of carboxylic acid groups (broad SMARTS) is 1. The Hall–Kier alpha value is -2.62. The molecule has 1 saturated carbocycles. The highest BCUT2D eigenvalue weighted by Crippen LogP contribution is 2.31. The minimum Gasteiger partial charge on any atom is -0.504 e. The van der Waals surface area contributed by atoms with Gasteiger partial charge in [-0.25, -0.2) is 9.59 Å². The molecule has 9 nitrogen and oxygen atoms in total. The van der Waals surface area contributed by atoms with Gasteiger partial charge in [-0.15, -0.1) is 0 Å². The molecule has 4 atom stereocenters. The van der Waals surface area contributed by atoms with Crippen LogP contribution in [0, 0.1) is 0 Å². The molecule has 0 amide bonds. The Morgan fingerprint density at radius 1 is 1.16 bits per heavy atom. The molecule has 0 aliphatic heterocycles. The molecule has 0 radical (unpaired) electrons. The molecule has 25 heavy (non-hydrogen) atoms. The number of benzene rings is 1. The smallest absolute Gasteiger partial charge is 0.335 e. The highest BCUT2D eigenvalue weighted by molar-refractivity contribution is 5.87. The molecule has 1 fully saturated rings. The highest BCUT2D eigenvalue weighted by atomic mass is 16.6. The monoisotopic (exact) mass is 354 g/mol. The summed E-state index contributed by atoms with van der Waals surface area (Å²) in [5.74, 6) is -3.24. The van der Waals surface area contributed by atoms with E-state index in [2.05, 4.69) is 0 Å². The van der Waals surface area contributed by atoms with Gasteiger partial charge in [0.05, 0.1) is 6.10 Å². The molecule has 1 aliphatic rings.